The molecule has 0 amide bonds. The number of hydrogen-bond donors (Lipinski definition) is 3. The Bertz CT molecular complexity index is 1100. The van der Waals surface area contributed by atoms with Gasteiger partial charge in [0.2, 0.25) is 0 Å². The molecule has 0 bridgehead atoms. The van der Waals surface area contributed by atoms with Gasteiger partial charge in [-0.15, -0.1) is 0 Å². The molecule has 3 unspecified atom stereocenters. The second-order valence-electron chi connectivity index (χ2n) is 14.0. The average molecular weight is 797 g/mol. The molecule has 0 aliphatic rings. The number of esters is 2. The summed E-state index contributed by atoms with van der Waals surface area (Å²) in [6.07, 6.45) is 43.3. The van der Waals surface area contributed by atoms with Gasteiger partial charge in [0.25, 0.3) is 0 Å². The predicted molar refractivity (Wildman–Crippen MR) is 224 cm³/mol. The van der Waals surface area contributed by atoms with Crippen LogP contribution in [0.25, 0.3) is 0 Å². The van der Waals surface area contributed by atoms with Crippen molar-refractivity contribution >= 4 is 19.8 Å². The number of hydrogen-bond acceptors (Lipinski definition) is 9. The standard InChI is InChI=1S/C44H77O10P/c1-3-5-7-9-11-13-15-17-19-20-22-24-26-28-30-32-34-36-44(48)54-42(40-53-55(49,50)52-38-41(46)37-45)39-51-43(47)35-33-31-29-27-25-23-21-18-16-14-12-10-8-6-4-2/h5,7,11,13,17-19,21-22,24,41-42,45-46H,3-4,6,8-10,12,14-16,20,23,25-40H2,1-2H3,(H,49,50)/b7-5-,13-11-,19-17-,21-18-,24-22-. The number of phosphoric ester groups is 1. The third-order valence-electron chi connectivity index (χ3n) is 8.66. The van der Waals surface area contributed by atoms with Crippen LogP contribution < -0.4 is 0 Å². The van der Waals surface area contributed by atoms with E-state index in [1.54, 1.807) is 0 Å². The average Bonchev–Trinajstić information content (AvgIpc) is 3.17. The number of rotatable bonds is 39. The summed E-state index contributed by atoms with van der Waals surface area (Å²) < 4.78 is 32.7. The van der Waals surface area contributed by atoms with Gasteiger partial charge in [0.05, 0.1) is 19.8 Å². The maximum Gasteiger partial charge on any atom is 0.472 e. The molecule has 11 heteroatoms. The Hall–Kier alpha value is -2.33. The summed E-state index contributed by atoms with van der Waals surface area (Å²) in [6.45, 7) is 2.21. The first kappa shape index (κ1) is 52.7. The zero-order valence-corrected chi connectivity index (χ0v) is 35.3. The van der Waals surface area contributed by atoms with Crippen molar-refractivity contribution in [2.75, 3.05) is 26.4 Å². The second-order valence-corrected chi connectivity index (χ2v) is 15.4. The number of carbonyl (C=O) groups is 2. The van der Waals surface area contributed by atoms with Crippen LogP contribution >= 0.6 is 7.82 Å². The number of unbranched alkanes of at least 4 members (excludes halogenated alkanes) is 15. The Morgan fingerprint density at radius 2 is 1.00 bits per heavy atom. The van der Waals surface area contributed by atoms with Gasteiger partial charge in [0, 0.05) is 12.8 Å². The summed E-state index contributed by atoms with van der Waals surface area (Å²) in [5, 5.41) is 18.3. The largest absolute Gasteiger partial charge is 0.472 e. The predicted octanol–water partition coefficient (Wildman–Crippen LogP) is 11.1. The van der Waals surface area contributed by atoms with Crippen molar-refractivity contribution in [1.29, 1.82) is 0 Å². The van der Waals surface area contributed by atoms with Gasteiger partial charge in [0.15, 0.2) is 6.10 Å². The van der Waals surface area contributed by atoms with E-state index in [-0.39, 0.29) is 19.4 Å². The molecular weight excluding hydrogens is 719 g/mol. The first-order chi connectivity index (χ1) is 26.7. The lowest BCUT2D eigenvalue weighted by Crippen LogP contribution is -2.29. The number of phosphoric acid groups is 1. The molecule has 0 rings (SSSR count). The molecule has 0 aromatic heterocycles. The highest BCUT2D eigenvalue weighted by Gasteiger charge is 2.27. The molecule has 0 heterocycles. The van der Waals surface area contributed by atoms with E-state index in [1.807, 2.05) is 0 Å². The van der Waals surface area contributed by atoms with Gasteiger partial charge in [-0.1, -0.05) is 139 Å². The minimum atomic E-state index is -4.63. The Balaban J connectivity index is 4.38. The SMILES string of the molecule is CC/C=C\C/C=C\C/C=C\C/C=C\CCCCCCC(=O)OC(COC(=O)CCCCCCC/C=C\CCCCCCCC)COP(=O)(O)OCC(O)CO. The molecule has 0 aliphatic heterocycles. The van der Waals surface area contributed by atoms with Gasteiger partial charge in [-0.05, 0) is 77.0 Å². The highest BCUT2D eigenvalue weighted by atomic mass is 31.2. The van der Waals surface area contributed by atoms with E-state index in [4.69, 9.17) is 19.1 Å². The highest BCUT2D eigenvalue weighted by molar-refractivity contribution is 7.47. The lowest BCUT2D eigenvalue weighted by molar-refractivity contribution is -0.161. The van der Waals surface area contributed by atoms with E-state index in [0.29, 0.717) is 12.8 Å². The van der Waals surface area contributed by atoms with Gasteiger partial charge >= 0.3 is 19.8 Å². The van der Waals surface area contributed by atoms with E-state index < -0.39 is 51.8 Å². The number of aliphatic hydroxyl groups excluding tert-OH is 2. The monoisotopic (exact) mass is 797 g/mol. The van der Waals surface area contributed by atoms with E-state index in [2.05, 4.69) is 79.1 Å². The Morgan fingerprint density at radius 3 is 1.53 bits per heavy atom. The summed E-state index contributed by atoms with van der Waals surface area (Å²) in [4.78, 5) is 35.0. The highest BCUT2D eigenvalue weighted by Crippen LogP contribution is 2.43. The molecule has 3 atom stereocenters. The van der Waals surface area contributed by atoms with Crippen molar-refractivity contribution < 1.29 is 47.8 Å². The molecule has 0 fully saturated rings. The Labute approximate surface area is 334 Å². The summed E-state index contributed by atoms with van der Waals surface area (Å²) in [6, 6.07) is 0. The fourth-order valence-electron chi connectivity index (χ4n) is 5.39. The molecule has 318 valence electrons. The fraction of sp³-hybridized carbons (Fsp3) is 0.727. The number of ether oxygens (including phenoxy) is 2. The minimum Gasteiger partial charge on any atom is -0.462 e. The van der Waals surface area contributed by atoms with Gasteiger partial charge in [-0.3, -0.25) is 18.6 Å². The maximum absolute atomic E-state index is 12.6. The molecule has 0 spiro atoms. The summed E-state index contributed by atoms with van der Waals surface area (Å²) >= 11 is 0. The molecule has 0 aromatic rings. The molecule has 0 aliphatic carbocycles. The fourth-order valence-corrected chi connectivity index (χ4v) is 6.18. The van der Waals surface area contributed by atoms with Crippen LogP contribution in [-0.2, 0) is 32.7 Å². The molecule has 0 radical (unpaired) electrons. The van der Waals surface area contributed by atoms with Crippen LogP contribution in [0.3, 0.4) is 0 Å². The van der Waals surface area contributed by atoms with Crippen molar-refractivity contribution in [3.05, 3.63) is 60.8 Å². The lowest BCUT2D eigenvalue weighted by atomic mass is 10.1. The second kappa shape index (κ2) is 39.9. The number of carbonyl (C=O) groups excluding carboxylic acids is 2. The molecule has 10 nitrogen and oxygen atoms in total. The molecular formula is C44H77O10P. The smallest absolute Gasteiger partial charge is 0.462 e. The van der Waals surface area contributed by atoms with Crippen LogP contribution in [0.1, 0.15) is 168 Å². The van der Waals surface area contributed by atoms with Crippen molar-refractivity contribution in [3.63, 3.8) is 0 Å². The van der Waals surface area contributed by atoms with E-state index in [1.165, 1.54) is 38.5 Å². The normalized spacial score (nSPS) is 14.5. The van der Waals surface area contributed by atoms with Crippen molar-refractivity contribution in [2.45, 2.75) is 180 Å². The van der Waals surface area contributed by atoms with Crippen LogP contribution in [0.2, 0.25) is 0 Å². The van der Waals surface area contributed by atoms with E-state index in [9.17, 15) is 24.2 Å². The van der Waals surface area contributed by atoms with Gasteiger partial charge in [0.1, 0.15) is 12.7 Å². The van der Waals surface area contributed by atoms with E-state index in [0.717, 1.165) is 89.9 Å². The van der Waals surface area contributed by atoms with Gasteiger partial charge < -0.3 is 24.6 Å². The molecule has 0 aromatic carbocycles. The van der Waals surface area contributed by atoms with Crippen LogP contribution in [0, 0.1) is 0 Å². The zero-order chi connectivity index (χ0) is 40.5. The van der Waals surface area contributed by atoms with Crippen LogP contribution in [-0.4, -0.2) is 65.7 Å². The third kappa shape index (κ3) is 39.7. The summed E-state index contributed by atoms with van der Waals surface area (Å²) in [7, 11) is -4.63. The van der Waals surface area contributed by atoms with Crippen LogP contribution in [0.5, 0.6) is 0 Å². The lowest BCUT2D eigenvalue weighted by Gasteiger charge is -2.20. The minimum absolute atomic E-state index is 0.152. The van der Waals surface area contributed by atoms with Crippen LogP contribution in [0.4, 0.5) is 0 Å². The summed E-state index contributed by atoms with van der Waals surface area (Å²) in [5.41, 5.74) is 0. The quantitative estimate of drug-likeness (QED) is 0.0237. The van der Waals surface area contributed by atoms with Gasteiger partial charge in [-0.25, -0.2) is 4.57 Å². The molecule has 0 saturated heterocycles. The Morgan fingerprint density at radius 1 is 0.564 bits per heavy atom. The van der Waals surface area contributed by atoms with E-state index >= 15 is 0 Å². The van der Waals surface area contributed by atoms with Crippen molar-refractivity contribution in [3.8, 4) is 0 Å². The maximum atomic E-state index is 12.6. The number of allylic oxidation sites excluding steroid dienone is 10. The van der Waals surface area contributed by atoms with Crippen LogP contribution in [0.15, 0.2) is 60.8 Å². The third-order valence-corrected chi connectivity index (χ3v) is 9.61. The van der Waals surface area contributed by atoms with Gasteiger partial charge in [-0.2, -0.15) is 0 Å². The summed E-state index contributed by atoms with van der Waals surface area (Å²) in [5.74, 6) is -0.966. The number of aliphatic hydroxyl groups is 2. The molecule has 0 saturated carbocycles. The van der Waals surface area contributed by atoms with Crippen molar-refractivity contribution in [1.82, 2.24) is 0 Å². The molecule has 3 N–H and O–H groups in total. The first-order valence-corrected chi connectivity index (χ1v) is 22.7. The zero-order valence-electron chi connectivity index (χ0n) is 34.4. The Kier molecular flexibility index (Phi) is 38.2. The van der Waals surface area contributed by atoms with Crippen molar-refractivity contribution in [2.24, 2.45) is 0 Å². The topological polar surface area (TPSA) is 149 Å². The first-order valence-electron chi connectivity index (χ1n) is 21.2. The molecule has 55 heavy (non-hydrogen) atoms.